The number of nitrogens with zero attached hydrogens (tertiary/aromatic N) is 3. The summed E-state index contributed by atoms with van der Waals surface area (Å²) in [6.45, 7) is 0. The second kappa shape index (κ2) is 9.36. The lowest BCUT2D eigenvalue weighted by molar-refractivity contribution is -0.150. The second-order valence-electron chi connectivity index (χ2n) is 7.25. The lowest BCUT2D eigenvalue weighted by Crippen LogP contribution is -2.71. The fourth-order valence-electron chi connectivity index (χ4n) is 3.39. The summed E-state index contributed by atoms with van der Waals surface area (Å²) in [5.74, 6) is -3.30. The third kappa shape index (κ3) is 4.44. The number of hydrogen-bond donors (Lipinski definition) is 5. The van der Waals surface area contributed by atoms with Gasteiger partial charge in [0.15, 0.2) is 0 Å². The molecular formula is C19H18N6O7S2. The Morgan fingerprint density at radius 1 is 1.29 bits per heavy atom. The predicted octanol–water partition coefficient (Wildman–Crippen LogP) is -0.595. The van der Waals surface area contributed by atoms with E-state index in [1.807, 2.05) is 0 Å². The van der Waals surface area contributed by atoms with Gasteiger partial charge in [0.2, 0.25) is 5.91 Å². The van der Waals surface area contributed by atoms with Crippen molar-refractivity contribution >= 4 is 47.2 Å². The van der Waals surface area contributed by atoms with Crippen LogP contribution in [-0.4, -0.2) is 71.9 Å². The number of amides is 3. The summed E-state index contributed by atoms with van der Waals surface area (Å²) in [4.78, 5) is 49.5. The number of carboxylic acid groups (broad SMARTS) is 1. The smallest absolute Gasteiger partial charge is 0.352 e. The number of phenols is 1. The lowest BCUT2D eigenvalue weighted by Gasteiger charge is -2.49. The molecule has 2 unspecified atom stereocenters. The van der Waals surface area contributed by atoms with Crippen molar-refractivity contribution in [2.45, 2.75) is 22.7 Å². The molecule has 1 fully saturated rings. The molecular weight excluding hydrogens is 488 g/mol. The zero-order chi connectivity index (χ0) is 24.6. The third-order valence-electron chi connectivity index (χ3n) is 5.07. The number of carbonyl (C=O) groups excluding carboxylic acids is 3. The first kappa shape index (κ1) is 23.6. The number of aliphatic carboxylic acids is 1. The molecule has 2 aliphatic heterocycles. The lowest BCUT2D eigenvalue weighted by atomic mass is 10.0. The summed E-state index contributed by atoms with van der Waals surface area (Å²) in [6, 6.07) is 3.77. The zero-order valence-corrected chi connectivity index (χ0v) is 18.8. The molecule has 3 heterocycles. The van der Waals surface area contributed by atoms with Crippen LogP contribution in [0.1, 0.15) is 22.3 Å². The number of aromatic nitrogens is 2. The fourth-order valence-corrected chi connectivity index (χ4v) is 5.64. The number of carboxylic acids is 1. The molecule has 3 amide bonds. The first-order chi connectivity index (χ1) is 16.2. The van der Waals surface area contributed by atoms with E-state index in [2.05, 4.69) is 15.5 Å². The van der Waals surface area contributed by atoms with Crippen molar-refractivity contribution in [2.75, 3.05) is 11.5 Å². The Hall–Kier alpha value is -3.56. The van der Waals surface area contributed by atoms with Crippen molar-refractivity contribution in [3.8, 4) is 5.75 Å². The zero-order valence-electron chi connectivity index (χ0n) is 17.2. The SMILES string of the molecule is NC(=O)c1nnc(SCC2=C(C(=O)O)N3C(=O)C(NC(=O)C(N)c4ccc(O)cc4)[C@@H]3SC2)o1. The first-order valence-electron chi connectivity index (χ1n) is 9.68. The molecule has 0 spiro atoms. The van der Waals surface area contributed by atoms with Gasteiger partial charge in [-0.2, -0.15) is 0 Å². The summed E-state index contributed by atoms with van der Waals surface area (Å²) >= 11 is 2.30. The van der Waals surface area contributed by atoms with Crippen molar-refractivity contribution in [1.29, 1.82) is 0 Å². The van der Waals surface area contributed by atoms with E-state index in [-0.39, 0.29) is 34.1 Å². The molecule has 2 aliphatic rings. The van der Waals surface area contributed by atoms with Gasteiger partial charge in [-0.15, -0.1) is 22.0 Å². The maximum absolute atomic E-state index is 12.8. The number of aromatic hydroxyl groups is 1. The minimum absolute atomic E-state index is 0.0223. The van der Waals surface area contributed by atoms with Crippen LogP contribution in [0.5, 0.6) is 5.75 Å². The molecule has 15 heteroatoms. The molecule has 1 saturated heterocycles. The highest BCUT2D eigenvalue weighted by atomic mass is 32.2. The number of hydrogen-bond acceptors (Lipinski definition) is 11. The highest BCUT2D eigenvalue weighted by molar-refractivity contribution is 8.01. The Kier molecular flexibility index (Phi) is 6.49. The number of benzene rings is 1. The molecule has 13 nitrogen and oxygen atoms in total. The molecule has 1 aromatic heterocycles. The average molecular weight is 507 g/mol. The van der Waals surface area contributed by atoms with Gasteiger partial charge >= 0.3 is 17.8 Å². The average Bonchev–Trinajstić information content (AvgIpc) is 3.29. The van der Waals surface area contributed by atoms with E-state index in [0.717, 1.165) is 16.7 Å². The van der Waals surface area contributed by atoms with Gasteiger partial charge < -0.3 is 31.4 Å². The number of thioether (sulfide) groups is 2. The van der Waals surface area contributed by atoms with Crippen LogP contribution < -0.4 is 16.8 Å². The van der Waals surface area contributed by atoms with Gasteiger partial charge in [0, 0.05) is 11.5 Å². The van der Waals surface area contributed by atoms with Crippen LogP contribution >= 0.6 is 23.5 Å². The quantitative estimate of drug-likeness (QED) is 0.224. The van der Waals surface area contributed by atoms with Gasteiger partial charge in [-0.3, -0.25) is 19.3 Å². The summed E-state index contributed by atoms with van der Waals surface area (Å²) in [5, 5.41) is 28.3. The number of fused-ring (bicyclic) bond motifs is 1. The van der Waals surface area contributed by atoms with Crippen LogP contribution in [0, 0.1) is 0 Å². The monoisotopic (exact) mass is 506 g/mol. The van der Waals surface area contributed by atoms with E-state index < -0.39 is 41.1 Å². The minimum Gasteiger partial charge on any atom is -0.508 e. The van der Waals surface area contributed by atoms with Crippen molar-refractivity contribution in [2.24, 2.45) is 11.5 Å². The summed E-state index contributed by atoms with van der Waals surface area (Å²) in [6.07, 6.45) is 0. The molecule has 7 N–H and O–H groups in total. The molecule has 2 aromatic rings. The van der Waals surface area contributed by atoms with E-state index >= 15 is 0 Å². The van der Waals surface area contributed by atoms with E-state index in [9.17, 15) is 29.4 Å². The van der Waals surface area contributed by atoms with Crippen LogP contribution in [0.2, 0.25) is 0 Å². The number of primary amides is 1. The Morgan fingerprint density at radius 3 is 2.62 bits per heavy atom. The van der Waals surface area contributed by atoms with Crippen LogP contribution in [0.15, 0.2) is 45.2 Å². The van der Waals surface area contributed by atoms with Crippen LogP contribution in [0.4, 0.5) is 0 Å². The second-order valence-corrected chi connectivity index (χ2v) is 9.28. The number of phenolic OH excluding ortho intramolecular Hbond substituents is 1. The van der Waals surface area contributed by atoms with Gasteiger partial charge in [0.1, 0.15) is 28.9 Å². The Morgan fingerprint density at radius 2 is 2.00 bits per heavy atom. The Bertz CT molecular complexity index is 1200. The molecule has 0 bridgehead atoms. The molecule has 1 aromatic carbocycles. The summed E-state index contributed by atoms with van der Waals surface area (Å²) < 4.78 is 5.08. The van der Waals surface area contributed by atoms with Gasteiger partial charge in [-0.1, -0.05) is 23.9 Å². The molecule has 178 valence electrons. The topological polar surface area (TPSA) is 215 Å². The maximum atomic E-state index is 12.8. The Balaban J connectivity index is 1.44. The molecule has 0 aliphatic carbocycles. The van der Waals surface area contributed by atoms with Crippen molar-refractivity contribution in [3.63, 3.8) is 0 Å². The van der Waals surface area contributed by atoms with Gasteiger partial charge in [-0.25, -0.2) is 4.79 Å². The highest BCUT2D eigenvalue weighted by Crippen LogP contribution is 2.41. The number of nitrogens with one attached hydrogen (secondary N) is 1. The van der Waals surface area contributed by atoms with Crippen LogP contribution in [0.25, 0.3) is 0 Å². The van der Waals surface area contributed by atoms with Crippen molar-refractivity contribution in [3.05, 3.63) is 47.0 Å². The van der Waals surface area contributed by atoms with E-state index in [0.29, 0.717) is 11.1 Å². The first-order valence-corrected chi connectivity index (χ1v) is 11.7. The van der Waals surface area contributed by atoms with E-state index in [1.54, 1.807) is 0 Å². The molecule has 34 heavy (non-hydrogen) atoms. The number of rotatable bonds is 8. The number of carbonyl (C=O) groups is 4. The largest absolute Gasteiger partial charge is 0.508 e. The number of β-lactam (4-membered cyclic amide) rings is 1. The van der Waals surface area contributed by atoms with Crippen LogP contribution in [-0.2, 0) is 14.4 Å². The molecule has 0 saturated carbocycles. The minimum atomic E-state index is -1.29. The molecule has 0 radical (unpaired) electrons. The maximum Gasteiger partial charge on any atom is 0.352 e. The van der Waals surface area contributed by atoms with E-state index in [1.165, 1.54) is 36.0 Å². The predicted molar refractivity (Wildman–Crippen MR) is 118 cm³/mol. The fraction of sp³-hybridized carbons (Fsp3) is 0.263. The number of nitrogens with two attached hydrogens (primary N) is 2. The Labute approximate surface area is 199 Å². The summed E-state index contributed by atoms with van der Waals surface area (Å²) in [5.41, 5.74) is 11.7. The van der Waals surface area contributed by atoms with Crippen molar-refractivity contribution in [1.82, 2.24) is 20.4 Å². The van der Waals surface area contributed by atoms with Crippen molar-refractivity contribution < 1.29 is 33.8 Å². The third-order valence-corrected chi connectivity index (χ3v) is 7.31. The van der Waals surface area contributed by atoms with E-state index in [4.69, 9.17) is 15.9 Å². The molecule has 3 atom stereocenters. The molecule has 4 rings (SSSR count). The van der Waals surface area contributed by atoms with Gasteiger partial charge in [0.05, 0.1) is 0 Å². The van der Waals surface area contributed by atoms with Gasteiger partial charge in [0.25, 0.3) is 11.1 Å². The van der Waals surface area contributed by atoms with Gasteiger partial charge in [-0.05, 0) is 23.3 Å². The standard InChI is InChI=1S/C19H18N6O7S2/c20-10(7-1-3-9(26)4-2-7)14(28)22-11-16(29)25-12(18(30)31)8(5-33-17(11)25)6-34-19-24-23-15(32-19)13(21)27/h1-4,10-11,17,26H,5-6,20H2,(H2,21,27)(H,22,28)(H,30,31)/t10?,11?,17-/m0/s1. The normalized spacial score (nSPS) is 20.4. The summed E-state index contributed by atoms with van der Waals surface area (Å²) in [7, 11) is 0. The highest BCUT2D eigenvalue weighted by Gasteiger charge is 2.54. The van der Waals surface area contributed by atoms with Crippen LogP contribution in [0.3, 0.4) is 0 Å².